The van der Waals surface area contributed by atoms with E-state index in [1.165, 1.54) is 0 Å². The molecule has 0 aliphatic heterocycles. The first kappa shape index (κ1) is 15.0. The molecule has 0 aliphatic carbocycles. The van der Waals surface area contributed by atoms with Crippen LogP contribution in [0.1, 0.15) is 24.2 Å². The average molecular weight is 284 g/mol. The monoisotopic (exact) mass is 284 g/mol. The van der Waals surface area contributed by atoms with E-state index in [1.807, 2.05) is 49.4 Å². The highest BCUT2D eigenvalue weighted by molar-refractivity contribution is 5.89. The summed E-state index contributed by atoms with van der Waals surface area (Å²) in [5, 5.41) is 5.60. The highest BCUT2D eigenvalue weighted by atomic mass is 16.2. The summed E-state index contributed by atoms with van der Waals surface area (Å²) in [6, 6.07) is 13.0. The lowest BCUT2D eigenvalue weighted by molar-refractivity contribution is 0.252. The zero-order valence-electron chi connectivity index (χ0n) is 12.0. The fourth-order valence-corrected chi connectivity index (χ4v) is 1.93. The van der Waals surface area contributed by atoms with Crippen LogP contribution >= 0.6 is 0 Å². The van der Waals surface area contributed by atoms with Gasteiger partial charge >= 0.3 is 6.03 Å². The summed E-state index contributed by atoms with van der Waals surface area (Å²) >= 11 is 0. The van der Waals surface area contributed by atoms with E-state index in [4.69, 9.17) is 5.73 Å². The van der Waals surface area contributed by atoms with Crippen molar-refractivity contribution in [3.05, 3.63) is 59.9 Å². The van der Waals surface area contributed by atoms with Crippen LogP contribution in [0.4, 0.5) is 10.5 Å². The molecule has 0 aliphatic rings. The second-order valence-electron chi connectivity index (χ2n) is 4.87. The van der Waals surface area contributed by atoms with Gasteiger partial charge in [-0.1, -0.05) is 18.2 Å². The van der Waals surface area contributed by atoms with E-state index in [0.29, 0.717) is 13.0 Å². The Morgan fingerprint density at radius 1 is 1.29 bits per heavy atom. The number of rotatable bonds is 5. The molecule has 0 fully saturated rings. The molecule has 1 atom stereocenters. The largest absolute Gasteiger partial charge is 0.337 e. The highest BCUT2D eigenvalue weighted by Gasteiger charge is 2.04. The molecule has 4 N–H and O–H groups in total. The molecule has 5 heteroatoms. The van der Waals surface area contributed by atoms with E-state index < -0.39 is 0 Å². The van der Waals surface area contributed by atoms with Gasteiger partial charge in [0, 0.05) is 36.6 Å². The van der Waals surface area contributed by atoms with Gasteiger partial charge in [-0.3, -0.25) is 4.98 Å². The zero-order valence-corrected chi connectivity index (χ0v) is 12.0. The van der Waals surface area contributed by atoms with E-state index in [-0.39, 0.29) is 12.1 Å². The van der Waals surface area contributed by atoms with Crippen molar-refractivity contribution in [2.45, 2.75) is 19.4 Å². The number of aromatic nitrogens is 1. The normalized spacial score (nSPS) is 11.7. The Kier molecular flexibility index (Phi) is 5.29. The minimum Gasteiger partial charge on any atom is -0.337 e. The van der Waals surface area contributed by atoms with Gasteiger partial charge in [0.15, 0.2) is 0 Å². The number of benzene rings is 1. The first-order valence-electron chi connectivity index (χ1n) is 6.95. The summed E-state index contributed by atoms with van der Waals surface area (Å²) < 4.78 is 0. The van der Waals surface area contributed by atoms with Gasteiger partial charge in [-0.25, -0.2) is 4.79 Å². The van der Waals surface area contributed by atoms with Crippen LogP contribution in [-0.2, 0) is 6.42 Å². The van der Waals surface area contributed by atoms with E-state index in [1.54, 1.807) is 6.20 Å². The van der Waals surface area contributed by atoms with Gasteiger partial charge in [0.25, 0.3) is 0 Å². The number of nitrogens with one attached hydrogen (secondary N) is 2. The van der Waals surface area contributed by atoms with Gasteiger partial charge in [0.1, 0.15) is 0 Å². The Morgan fingerprint density at radius 2 is 2.14 bits per heavy atom. The number of urea groups is 1. The molecule has 0 spiro atoms. The Balaban J connectivity index is 1.80. The van der Waals surface area contributed by atoms with Crippen LogP contribution in [0.25, 0.3) is 0 Å². The number of anilines is 1. The van der Waals surface area contributed by atoms with Crippen molar-refractivity contribution in [1.82, 2.24) is 10.3 Å². The maximum Gasteiger partial charge on any atom is 0.319 e. The summed E-state index contributed by atoms with van der Waals surface area (Å²) in [7, 11) is 0. The van der Waals surface area contributed by atoms with Gasteiger partial charge in [0.05, 0.1) is 0 Å². The van der Waals surface area contributed by atoms with Gasteiger partial charge < -0.3 is 16.4 Å². The molecule has 0 bridgehead atoms. The number of hydrogen-bond acceptors (Lipinski definition) is 3. The number of nitrogens with two attached hydrogens (primary N) is 1. The van der Waals surface area contributed by atoms with Gasteiger partial charge in [-0.15, -0.1) is 0 Å². The molecule has 21 heavy (non-hydrogen) atoms. The standard InChI is InChI=1S/C16H20N4O/c1-12(17)13-5-4-7-15(11-13)20-16(21)19-10-8-14-6-2-3-9-18-14/h2-7,9,11-12H,8,10,17H2,1H3,(H2,19,20,21). The molecule has 1 aromatic heterocycles. The van der Waals surface area contributed by atoms with E-state index >= 15 is 0 Å². The molecule has 1 aromatic carbocycles. The second-order valence-corrected chi connectivity index (χ2v) is 4.87. The first-order chi connectivity index (χ1) is 10.1. The fourth-order valence-electron chi connectivity index (χ4n) is 1.93. The van der Waals surface area contributed by atoms with Crippen LogP contribution in [0.5, 0.6) is 0 Å². The van der Waals surface area contributed by atoms with E-state index in [0.717, 1.165) is 16.9 Å². The number of carbonyl (C=O) groups excluding carboxylic acids is 1. The zero-order chi connectivity index (χ0) is 15.1. The first-order valence-corrected chi connectivity index (χ1v) is 6.95. The fraction of sp³-hybridized carbons (Fsp3) is 0.250. The van der Waals surface area contributed by atoms with E-state index in [9.17, 15) is 4.79 Å². The van der Waals surface area contributed by atoms with Crippen LogP contribution in [0.15, 0.2) is 48.7 Å². The molecule has 0 radical (unpaired) electrons. The third-order valence-corrected chi connectivity index (χ3v) is 3.06. The predicted molar refractivity (Wildman–Crippen MR) is 84.0 cm³/mol. The molecule has 5 nitrogen and oxygen atoms in total. The molecule has 2 amide bonds. The van der Waals surface area contributed by atoms with Gasteiger partial charge in [0.2, 0.25) is 0 Å². The Labute approximate surface area is 124 Å². The van der Waals surface area contributed by atoms with Crippen molar-refractivity contribution < 1.29 is 4.79 Å². The van der Waals surface area contributed by atoms with Crippen LogP contribution in [0.3, 0.4) is 0 Å². The molecule has 1 unspecified atom stereocenters. The number of nitrogens with zero attached hydrogens (tertiary/aromatic N) is 1. The Bertz CT molecular complexity index is 584. The quantitative estimate of drug-likeness (QED) is 0.789. The molecule has 0 saturated carbocycles. The van der Waals surface area contributed by atoms with Crippen molar-refractivity contribution in [1.29, 1.82) is 0 Å². The SMILES string of the molecule is CC(N)c1cccc(NC(=O)NCCc2ccccn2)c1. The lowest BCUT2D eigenvalue weighted by atomic mass is 10.1. The molecule has 110 valence electrons. The van der Waals surface area contributed by atoms with Gasteiger partial charge in [-0.2, -0.15) is 0 Å². The summed E-state index contributed by atoms with van der Waals surface area (Å²) in [5.74, 6) is 0. The molecular formula is C16H20N4O. The number of carbonyl (C=O) groups is 1. The lowest BCUT2D eigenvalue weighted by Crippen LogP contribution is -2.30. The molecule has 2 aromatic rings. The van der Waals surface area contributed by atoms with Gasteiger partial charge in [-0.05, 0) is 36.8 Å². The van der Waals surface area contributed by atoms with Crippen molar-refractivity contribution in [2.75, 3.05) is 11.9 Å². The third-order valence-electron chi connectivity index (χ3n) is 3.06. The Morgan fingerprint density at radius 3 is 2.86 bits per heavy atom. The van der Waals surface area contributed by atoms with Crippen molar-refractivity contribution in [3.8, 4) is 0 Å². The van der Waals surface area contributed by atoms with Crippen LogP contribution in [0, 0.1) is 0 Å². The summed E-state index contributed by atoms with van der Waals surface area (Å²) in [6.45, 7) is 2.45. The minimum atomic E-state index is -0.229. The minimum absolute atomic E-state index is 0.0565. The van der Waals surface area contributed by atoms with Crippen molar-refractivity contribution in [3.63, 3.8) is 0 Å². The summed E-state index contributed by atoms with van der Waals surface area (Å²) in [6.07, 6.45) is 2.45. The summed E-state index contributed by atoms with van der Waals surface area (Å²) in [4.78, 5) is 16.0. The molecular weight excluding hydrogens is 264 g/mol. The van der Waals surface area contributed by atoms with Crippen LogP contribution < -0.4 is 16.4 Å². The maximum atomic E-state index is 11.8. The second kappa shape index (κ2) is 7.40. The van der Waals surface area contributed by atoms with Crippen molar-refractivity contribution >= 4 is 11.7 Å². The van der Waals surface area contributed by atoms with Crippen LogP contribution in [0.2, 0.25) is 0 Å². The predicted octanol–water partition coefficient (Wildman–Crippen LogP) is 2.47. The molecule has 2 rings (SSSR count). The maximum absolute atomic E-state index is 11.8. The smallest absolute Gasteiger partial charge is 0.319 e. The third kappa shape index (κ3) is 4.89. The Hall–Kier alpha value is -2.40. The van der Waals surface area contributed by atoms with Crippen molar-refractivity contribution in [2.24, 2.45) is 5.73 Å². The lowest BCUT2D eigenvalue weighted by Gasteiger charge is -2.10. The molecule has 1 heterocycles. The highest BCUT2D eigenvalue weighted by Crippen LogP contribution is 2.15. The summed E-state index contributed by atoms with van der Waals surface area (Å²) in [5.41, 5.74) is 8.50. The average Bonchev–Trinajstić information content (AvgIpc) is 2.48. The number of amides is 2. The topological polar surface area (TPSA) is 80.0 Å². The molecule has 0 saturated heterocycles. The number of pyridine rings is 1. The number of hydrogen-bond donors (Lipinski definition) is 3. The van der Waals surface area contributed by atoms with Crippen LogP contribution in [-0.4, -0.2) is 17.6 Å². The van der Waals surface area contributed by atoms with E-state index in [2.05, 4.69) is 15.6 Å².